The summed E-state index contributed by atoms with van der Waals surface area (Å²) in [5.74, 6) is 0.461. The number of aromatic nitrogens is 2. The maximum Gasteiger partial charge on any atom is 0.251 e. The van der Waals surface area contributed by atoms with Gasteiger partial charge in [-0.05, 0) is 43.9 Å². The zero-order valence-corrected chi connectivity index (χ0v) is 17.9. The third-order valence-electron chi connectivity index (χ3n) is 6.00. The number of aryl methyl sites for hydroxylation is 1. The Morgan fingerprint density at radius 1 is 1.19 bits per heavy atom. The average Bonchev–Trinajstić information content (AvgIpc) is 3.29. The molecule has 8 heteroatoms. The lowest BCUT2D eigenvalue weighted by atomic mass is 9.92. The Morgan fingerprint density at radius 2 is 2.00 bits per heavy atom. The van der Waals surface area contributed by atoms with E-state index in [9.17, 15) is 9.90 Å². The summed E-state index contributed by atoms with van der Waals surface area (Å²) >= 11 is 0. The summed E-state index contributed by atoms with van der Waals surface area (Å²) < 4.78 is 5.36. The second kappa shape index (κ2) is 10.1. The van der Waals surface area contributed by atoms with Crippen LogP contribution in [0.25, 0.3) is 0 Å². The maximum absolute atomic E-state index is 12.7. The van der Waals surface area contributed by atoms with Crippen LogP contribution in [0.2, 0.25) is 0 Å². The van der Waals surface area contributed by atoms with Crippen molar-refractivity contribution in [3.8, 4) is 0 Å². The standard InChI is InChI=1S/C23H31N5O3/c1-15-6-7-17(22(30)28-19-4-2-3-5-21(19)29)10-20(15)24-11-16-12-25-23(26-13-16)27-18-8-9-31-14-18/h6-7,10,12-13,18-19,21,24,29H,2-5,8-9,11,14H2,1H3,(H,28,30)(H,25,26,27)/t18-,19-,21-/m0/s1. The second-order valence-electron chi connectivity index (χ2n) is 8.43. The molecular weight excluding hydrogens is 394 g/mol. The van der Waals surface area contributed by atoms with Gasteiger partial charge < -0.3 is 25.8 Å². The molecule has 1 aromatic carbocycles. The fourth-order valence-corrected chi connectivity index (χ4v) is 4.03. The van der Waals surface area contributed by atoms with Crippen molar-refractivity contribution in [1.29, 1.82) is 0 Å². The van der Waals surface area contributed by atoms with E-state index < -0.39 is 6.10 Å². The molecule has 8 nitrogen and oxygen atoms in total. The fraction of sp³-hybridized carbons (Fsp3) is 0.522. The highest BCUT2D eigenvalue weighted by atomic mass is 16.5. The zero-order valence-electron chi connectivity index (χ0n) is 17.9. The number of benzene rings is 1. The molecule has 1 aromatic heterocycles. The van der Waals surface area contributed by atoms with E-state index in [-0.39, 0.29) is 18.0 Å². The maximum atomic E-state index is 12.7. The highest BCUT2D eigenvalue weighted by molar-refractivity contribution is 5.95. The van der Waals surface area contributed by atoms with Crippen LogP contribution in [-0.4, -0.2) is 52.4 Å². The van der Waals surface area contributed by atoms with Crippen LogP contribution in [0.1, 0.15) is 53.6 Å². The number of amides is 1. The summed E-state index contributed by atoms with van der Waals surface area (Å²) in [6, 6.07) is 5.72. The van der Waals surface area contributed by atoms with Gasteiger partial charge in [0.15, 0.2) is 0 Å². The summed E-state index contributed by atoms with van der Waals surface area (Å²) in [5, 5.41) is 19.8. The number of rotatable bonds is 7. The number of nitrogens with zero attached hydrogens (tertiary/aromatic N) is 2. The van der Waals surface area contributed by atoms with Gasteiger partial charge in [0, 0.05) is 42.4 Å². The first kappa shape index (κ1) is 21.5. The Morgan fingerprint density at radius 3 is 2.74 bits per heavy atom. The number of carbonyl (C=O) groups is 1. The van der Waals surface area contributed by atoms with Crippen LogP contribution in [-0.2, 0) is 11.3 Å². The van der Waals surface area contributed by atoms with E-state index in [1.165, 1.54) is 0 Å². The van der Waals surface area contributed by atoms with E-state index in [0.29, 0.717) is 24.7 Å². The van der Waals surface area contributed by atoms with Crippen LogP contribution in [0, 0.1) is 6.92 Å². The van der Waals surface area contributed by atoms with Crippen LogP contribution < -0.4 is 16.0 Å². The molecule has 1 saturated heterocycles. The molecule has 1 aliphatic carbocycles. The largest absolute Gasteiger partial charge is 0.391 e. The molecule has 2 aromatic rings. The number of nitrogens with one attached hydrogen (secondary N) is 3. The van der Waals surface area contributed by atoms with Crippen LogP contribution >= 0.6 is 0 Å². The lowest BCUT2D eigenvalue weighted by molar-refractivity contribution is 0.0717. The Bertz CT molecular complexity index is 883. The summed E-state index contributed by atoms with van der Waals surface area (Å²) in [5.41, 5.74) is 3.48. The molecule has 0 radical (unpaired) electrons. The quantitative estimate of drug-likeness (QED) is 0.540. The summed E-state index contributed by atoms with van der Waals surface area (Å²) in [4.78, 5) is 21.5. The van der Waals surface area contributed by atoms with Gasteiger partial charge in [-0.3, -0.25) is 4.79 Å². The minimum atomic E-state index is -0.459. The predicted molar refractivity (Wildman–Crippen MR) is 119 cm³/mol. The molecule has 1 amide bonds. The van der Waals surface area contributed by atoms with Crippen molar-refractivity contribution in [1.82, 2.24) is 15.3 Å². The molecule has 1 aliphatic heterocycles. The van der Waals surface area contributed by atoms with Gasteiger partial charge >= 0.3 is 0 Å². The van der Waals surface area contributed by atoms with Crippen molar-refractivity contribution in [2.75, 3.05) is 23.8 Å². The average molecular weight is 426 g/mol. The highest BCUT2D eigenvalue weighted by Gasteiger charge is 2.25. The number of hydrogen-bond acceptors (Lipinski definition) is 7. The van der Waals surface area contributed by atoms with E-state index in [0.717, 1.165) is 55.5 Å². The molecule has 0 bridgehead atoms. The number of carbonyl (C=O) groups excluding carboxylic acids is 1. The molecule has 1 saturated carbocycles. The molecule has 31 heavy (non-hydrogen) atoms. The lowest BCUT2D eigenvalue weighted by Gasteiger charge is -2.28. The summed E-state index contributed by atoms with van der Waals surface area (Å²) in [7, 11) is 0. The molecule has 4 N–H and O–H groups in total. The molecular formula is C23H31N5O3. The van der Waals surface area contributed by atoms with Gasteiger partial charge in [-0.15, -0.1) is 0 Å². The van der Waals surface area contributed by atoms with Gasteiger partial charge in [-0.1, -0.05) is 18.9 Å². The first-order valence-corrected chi connectivity index (χ1v) is 11.1. The first-order chi connectivity index (χ1) is 15.1. The minimum Gasteiger partial charge on any atom is -0.391 e. The molecule has 2 aliphatic rings. The van der Waals surface area contributed by atoms with Gasteiger partial charge in [-0.25, -0.2) is 9.97 Å². The Kier molecular flexibility index (Phi) is 6.99. The first-order valence-electron chi connectivity index (χ1n) is 11.1. The molecule has 2 fully saturated rings. The molecule has 0 spiro atoms. The van der Waals surface area contributed by atoms with E-state index in [4.69, 9.17) is 4.74 Å². The number of ether oxygens (including phenoxy) is 1. The van der Waals surface area contributed by atoms with Crippen LogP contribution in [0.3, 0.4) is 0 Å². The molecule has 3 atom stereocenters. The number of hydrogen-bond donors (Lipinski definition) is 4. The van der Waals surface area contributed by atoms with Crippen LogP contribution in [0.15, 0.2) is 30.6 Å². The number of anilines is 2. The Labute approximate surface area is 182 Å². The fourth-order valence-electron chi connectivity index (χ4n) is 4.03. The monoisotopic (exact) mass is 425 g/mol. The van der Waals surface area contributed by atoms with Crippen molar-refractivity contribution in [2.24, 2.45) is 0 Å². The van der Waals surface area contributed by atoms with E-state index in [2.05, 4.69) is 25.9 Å². The zero-order chi connectivity index (χ0) is 21.6. The highest BCUT2D eigenvalue weighted by Crippen LogP contribution is 2.21. The Balaban J connectivity index is 1.34. The van der Waals surface area contributed by atoms with Gasteiger partial charge in [-0.2, -0.15) is 0 Å². The van der Waals surface area contributed by atoms with Gasteiger partial charge in [0.1, 0.15) is 0 Å². The summed E-state index contributed by atoms with van der Waals surface area (Å²) in [6.45, 7) is 4.02. The van der Waals surface area contributed by atoms with E-state index in [1.54, 1.807) is 12.4 Å². The Hall–Kier alpha value is -2.71. The second-order valence-corrected chi connectivity index (χ2v) is 8.43. The minimum absolute atomic E-state index is 0.149. The molecule has 4 rings (SSSR count). The normalized spacial score (nSPS) is 23.4. The predicted octanol–water partition coefficient (Wildman–Crippen LogP) is 2.63. The third-order valence-corrected chi connectivity index (χ3v) is 6.00. The third kappa shape index (κ3) is 5.71. The molecule has 166 valence electrons. The van der Waals surface area contributed by atoms with Crippen molar-refractivity contribution in [3.05, 3.63) is 47.3 Å². The van der Waals surface area contributed by atoms with Crippen molar-refractivity contribution in [3.63, 3.8) is 0 Å². The van der Waals surface area contributed by atoms with Crippen LogP contribution in [0.5, 0.6) is 0 Å². The molecule has 0 unspecified atom stereocenters. The van der Waals surface area contributed by atoms with Crippen LogP contribution in [0.4, 0.5) is 11.6 Å². The van der Waals surface area contributed by atoms with E-state index in [1.807, 2.05) is 25.1 Å². The van der Waals surface area contributed by atoms with Crippen molar-refractivity contribution in [2.45, 2.75) is 63.8 Å². The summed E-state index contributed by atoms with van der Waals surface area (Å²) in [6.07, 6.45) is 7.73. The number of aliphatic hydroxyl groups excluding tert-OH is 1. The van der Waals surface area contributed by atoms with Crippen molar-refractivity contribution < 1.29 is 14.6 Å². The topological polar surface area (TPSA) is 108 Å². The SMILES string of the molecule is Cc1ccc(C(=O)N[C@H]2CCCC[C@@H]2O)cc1NCc1cnc(N[C@H]2CCOC2)nc1. The smallest absolute Gasteiger partial charge is 0.251 e. The van der Waals surface area contributed by atoms with E-state index >= 15 is 0 Å². The van der Waals surface area contributed by atoms with Crippen molar-refractivity contribution >= 4 is 17.5 Å². The van der Waals surface area contributed by atoms with Gasteiger partial charge in [0.2, 0.25) is 5.95 Å². The molecule has 2 heterocycles. The van der Waals surface area contributed by atoms with Gasteiger partial charge in [0.05, 0.1) is 24.8 Å². The van der Waals surface area contributed by atoms with Gasteiger partial charge in [0.25, 0.3) is 5.91 Å². The number of aliphatic hydroxyl groups is 1. The lowest BCUT2D eigenvalue weighted by Crippen LogP contribution is -2.45.